The van der Waals surface area contributed by atoms with Crippen LogP contribution < -0.4 is 20.9 Å². The van der Waals surface area contributed by atoms with Gasteiger partial charge in [0.15, 0.2) is 5.01 Å². The number of anilines is 1. The maximum atomic E-state index is 13.9. The summed E-state index contributed by atoms with van der Waals surface area (Å²) >= 11 is 1.01. The van der Waals surface area contributed by atoms with Crippen LogP contribution in [-0.2, 0) is 11.8 Å². The lowest BCUT2D eigenvalue weighted by molar-refractivity contribution is -0.111. The number of nitrogens with zero attached hydrogens (tertiary/aromatic N) is 2. The van der Waals surface area contributed by atoms with Gasteiger partial charge in [-0.2, -0.15) is 0 Å². The SMILES string of the molecule is C=CC(=O)Nc1ccc(Oc2c(C)cc(F)cc2C)c(-c2cn(C)c(=O)c3sc(C(=O)NCC)nc23)c1. The van der Waals surface area contributed by atoms with Crippen LogP contribution in [0.3, 0.4) is 0 Å². The fourth-order valence-corrected chi connectivity index (χ4v) is 4.90. The Morgan fingerprint density at radius 1 is 1.19 bits per heavy atom. The largest absolute Gasteiger partial charge is 0.456 e. The highest BCUT2D eigenvalue weighted by molar-refractivity contribution is 7.20. The van der Waals surface area contributed by atoms with Crippen molar-refractivity contribution in [1.82, 2.24) is 14.9 Å². The molecular formula is C27H25FN4O4S. The van der Waals surface area contributed by atoms with Gasteiger partial charge in [0.2, 0.25) is 5.91 Å². The van der Waals surface area contributed by atoms with Crippen LogP contribution in [0.15, 0.2) is 54.0 Å². The van der Waals surface area contributed by atoms with Crippen molar-refractivity contribution in [2.75, 3.05) is 11.9 Å². The molecule has 0 aliphatic rings. The lowest BCUT2D eigenvalue weighted by Gasteiger charge is -2.17. The Bertz CT molecular complexity index is 1600. The highest BCUT2D eigenvalue weighted by Crippen LogP contribution is 2.40. The second-order valence-electron chi connectivity index (χ2n) is 8.39. The predicted molar refractivity (Wildman–Crippen MR) is 143 cm³/mol. The first-order valence-corrected chi connectivity index (χ1v) is 12.2. The van der Waals surface area contributed by atoms with Crippen LogP contribution in [-0.4, -0.2) is 27.9 Å². The van der Waals surface area contributed by atoms with Crippen molar-refractivity contribution in [2.24, 2.45) is 7.05 Å². The second kappa shape index (κ2) is 10.4. The topological polar surface area (TPSA) is 102 Å². The van der Waals surface area contributed by atoms with E-state index in [2.05, 4.69) is 22.2 Å². The van der Waals surface area contributed by atoms with E-state index in [0.717, 1.165) is 17.4 Å². The molecule has 0 atom stereocenters. The minimum absolute atomic E-state index is 0.158. The number of halogens is 1. The van der Waals surface area contributed by atoms with E-state index in [4.69, 9.17) is 4.74 Å². The van der Waals surface area contributed by atoms with Crippen molar-refractivity contribution in [3.05, 3.63) is 81.5 Å². The summed E-state index contributed by atoms with van der Waals surface area (Å²) in [7, 11) is 1.61. The molecular weight excluding hydrogens is 495 g/mol. The fourth-order valence-electron chi connectivity index (χ4n) is 3.92. The summed E-state index contributed by atoms with van der Waals surface area (Å²) in [6.07, 6.45) is 2.76. The summed E-state index contributed by atoms with van der Waals surface area (Å²) in [5.74, 6) is -0.277. The Kier molecular flexibility index (Phi) is 7.21. The third kappa shape index (κ3) is 5.14. The maximum absolute atomic E-state index is 13.9. The number of hydrogen-bond acceptors (Lipinski definition) is 6. The number of hydrogen-bond donors (Lipinski definition) is 2. The number of carbonyl (C=O) groups is 2. The zero-order valence-corrected chi connectivity index (χ0v) is 21.6. The number of ether oxygens (including phenoxy) is 1. The van der Waals surface area contributed by atoms with Crippen molar-refractivity contribution in [1.29, 1.82) is 0 Å². The molecule has 2 aromatic heterocycles. The molecule has 0 aliphatic heterocycles. The Balaban J connectivity index is 1.97. The van der Waals surface area contributed by atoms with Crippen LogP contribution in [0.2, 0.25) is 0 Å². The lowest BCUT2D eigenvalue weighted by atomic mass is 10.0. The zero-order chi connectivity index (χ0) is 26.9. The standard InChI is InChI=1S/C27H25FN4O4S/c1-6-21(33)30-17-8-9-20(36-23-14(3)10-16(28)11-15(23)4)18(12-17)19-13-32(5)27(35)24-22(19)31-26(37-24)25(34)29-7-2/h6,8-13H,1,7H2,2-5H3,(H,29,34)(H,30,33). The number of thiazole rings is 1. The predicted octanol–water partition coefficient (Wildman–Crippen LogP) is 5.08. The molecule has 10 heteroatoms. The van der Waals surface area contributed by atoms with Crippen molar-refractivity contribution >= 4 is 39.1 Å². The van der Waals surface area contributed by atoms with E-state index in [1.54, 1.807) is 52.2 Å². The molecule has 4 aromatic rings. The smallest absolute Gasteiger partial charge is 0.280 e. The van der Waals surface area contributed by atoms with Crippen molar-refractivity contribution in [3.8, 4) is 22.6 Å². The number of carbonyl (C=O) groups excluding carboxylic acids is 2. The number of amides is 2. The van der Waals surface area contributed by atoms with E-state index in [0.29, 0.717) is 56.2 Å². The van der Waals surface area contributed by atoms with Gasteiger partial charge in [0.1, 0.15) is 22.0 Å². The average Bonchev–Trinajstić information content (AvgIpc) is 3.30. The van der Waals surface area contributed by atoms with Gasteiger partial charge in [-0.05, 0) is 68.3 Å². The van der Waals surface area contributed by atoms with Crippen molar-refractivity contribution < 1.29 is 18.7 Å². The number of fused-ring (bicyclic) bond motifs is 1. The first kappa shape index (κ1) is 25.8. The summed E-state index contributed by atoms with van der Waals surface area (Å²) in [6, 6.07) is 7.78. The average molecular weight is 521 g/mol. The monoisotopic (exact) mass is 520 g/mol. The summed E-state index contributed by atoms with van der Waals surface area (Å²) in [6.45, 7) is 9.18. The molecule has 0 unspecified atom stereocenters. The zero-order valence-electron chi connectivity index (χ0n) is 20.8. The van der Waals surface area contributed by atoms with Crippen LogP contribution in [0.1, 0.15) is 27.9 Å². The molecule has 8 nitrogen and oxygen atoms in total. The summed E-state index contributed by atoms with van der Waals surface area (Å²) in [5, 5.41) is 5.58. The molecule has 190 valence electrons. The summed E-state index contributed by atoms with van der Waals surface area (Å²) < 4.78 is 21.9. The molecule has 2 N–H and O–H groups in total. The molecule has 0 saturated heterocycles. The molecule has 0 aliphatic carbocycles. The molecule has 2 aromatic carbocycles. The van der Waals surface area contributed by atoms with E-state index < -0.39 is 5.91 Å². The fraction of sp³-hybridized carbons (Fsp3) is 0.185. The van der Waals surface area contributed by atoms with E-state index in [9.17, 15) is 18.8 Å². The van der Waals surface area contributed by atoms with E-state index in [1.807, 2.05) is 0 Å². The minimum Gasteiger partial charge on any atom is -0.456 e. The van der Waals surface area contributed by atoms with E-state index in [1.165, 1.54) is 16.7 Å². The summed E-state index contributed by atoms with van der Waals surface area (Å²) in [4.78, 5) is 41.9. The number of aryl methyl sites for hydroxylation is 3. The molecule has 0 radical (unpaired) electrons. The molecule has 2 heterocycles. The second-order valence-corrected chi connectivity index (χ2v) is 9.39. The molecule has 0 bridgehead atoms. The quantitative estimate of drug-likeness (QED) is 0.331. The third-order valence-corrected chi connectivity index (χ3v) is 6.65. The van der Waals surface area contributed by atoms with Crippen LogP contribution in [0.5, 0.6) is 11.5 Å². The van der Waals surface area contributed by atoms with Gasteiger partial charge in [-0.25, -0.2) is 9.37 Å². The van der Waals surface area contributed by atoms with E-state index in [-0.39, 0.29) is 22.3 Å². The lowest BCUT2D eigenvalue weighted by Crippen LogP contribution is -2.22. The Morgan fingerprint density at radius 3 is 2.54 bits per heavy atom. The van der Waals surface area contributed by atoms with E-state index >= 15 is 0 Å². The number of benzene rings is 2. The third-order valence-electron chi connectivity index (χ3n) is 5.61. The minimum atomic E-state index is -0.400. The normalized spacial score (nSPS) is 10.8. The van der Waals surface area contributed by atoms with Crippen molar-refractivity contribution in [3.63, 3.8) is 0 Å². The van der Waals surface area contributed by atoms with Crippen LogP contribution in [0.25, 0.3) is 21.3 Å². The summed E-state index contributed by atoms with van der Waals surface area (Å²) in [5.41, 5.74) is 2.73. The maximum Gasteiger partial charge on any atom is 0.280 e. The van der Waals surface area contributed by atoms with Crippen LogP contribution in [0.4, 0.5) is 10.1 Å². The number of aromatic nitrogens is 2. The van der Waals surface area contributed by atoms with Gasteiger partial charge in [-0.1, -0.05) is 6.58 Å². The van der Waals surface area contributed by atoms with Gasteiger partial charge in [-0.15, -0.1) is 11.3 Å². The number of nitrogens with one attached hydrogen (secondary N) is 2. The van der Waals surface area contributed by atoms with Gasteiger partial charge in [-0.3, -0.25) is 14.4 Å². The Morgan fingerprint density at radius 2 is 1.89 bits per heavy atom. The first-order valence-electron chi connectivity index (χ1n) is 11.4. The van der Waals surface area contributed by atoms with Crippen LogP contribution in [0, 0.1) is 19.7 Å². The molecule has 4 rings (SSSR count). The number of rotatable bonds is 7. The van der Waals surface area contributed by atoms with Crippen LogP contribution >= 0.6 is 11.3 Å². The molecule has 37 heavy (non-hydrogen) atoms. The highest BCUT2D eigenvalue weighted by atomic mass is 32.1. The number of pyridine rings is 1. The first-order chi connectivity index (χ1) is 17.6. The molecule has 2 amide bonds. The Labute approximate surface area is 216 Å². The highest BCUT2D eigenvalue weighted by Gasteiger charge is 2.21. The van der Waals surface area contributed by atoms with Gasteiger partial charge < -0.3 is 19.9 Å². The van der Waals surface area contributed by atoms with Gasteiger partial charge in [0.25, 0.3) is 11.5 Å². The van der Waals surface area contributed by atoms with Gasteiger partial charge in [0, 0.05) is 36.6 Å². The molecule has 0 spiro atoms. The molecule has 0 fully saturated rings. The van der Waals surface area contributed by atoms with Gasteiger partial charge in [0.05, 0.1) is 5.52 Å². The molecule has 0 saturated carbocycles. The van der Waals surface area contributed by atoms with Gasteiger partial charge >= 0.3 is 0 Å². The Hall–Kier alpha value is -4.31. The van der Waals surface area contributed by atoms with Crippen molar-refractivity contribution in [2.45, 2.75) is 20.8 Å².